The number of carbonyl (C=O) groups excluding carboxylic acids is 2. The molecule has 0 aromatic heterocycles. The molecule has 1 heterocycles. The molecule has 1 aliphatic rings. The van der Waals surface area contributed by atoms with Gasteiger partial charge in [0.25, 0.3) is 0 Å². The normalized spacial score (nSPS) is 29.1. The summed E-state index contributed by atoms with van der Waals surface area (Å²) in [6, 6.07) is 0. The Morgan fingerprint density at radius 1 is 1.12 bits per heavy atom. The van der Waals surface area contributed by atoms with Gasteiger partial charge in [0, 0.05) is 23.2 Å². The molecular weight excluding hydrogens is 359 g/mol. The van der Waals surface area contributed by atoms with Crippen molar-refractivity contribution in [2.45, 2.75) is 77.9 Å². The molecule has 0 radical (unpaired) electrons. The molecule has 1 aliphatic heterocycles. The van der Waals surface area contributed by atoms with Gasteiger partial charge in [-0.3, -0.25) is 14.2 Å². The fourth-order valence-electron chi connectivity index (χ4n) is 3.13. The van der Waals surface area contributed by atoms with E-state index in [2.05, 4.69) is 4.74 Å². The maximum absolute atomic E-state index is 12.5. The van der Waals surface area contributed by atoms with Gasteiger partial charge in [0.15, 0.2) is 0 Å². The minimum Gasteiger partial charge on any atom is -0.469 e. The third-order valence-corrected chi connectivity index (χ3v) is 8.92. The molecule has 0 aromatic carbocycles. The van der Waals surface area contributed by atoms with Crippen molar-refractivity contribution in [3.8, 4) is 0 Å². The van der Waals surface area contributed by atoms with Crippen LogP contribution in [0.4, 0.5) is 0 Å². The van der Waals surface area contributed by atoms with Crippen LogP contribution in [0.15, 0.2) is 0 Å². The maximum Gasteiger partial charge on any atom is 0.306 e. The van der Waals surface area contributed by atoms with Crippen LogP contribution in [0.25, 0.3) is 0 Å². The predicted octanol–water partition coefficient (Wildman–Crippen LogP) is 2.98. The Bertz CT molecular complexity index is 578. The van der Waals surface area contributed by atoms with Crippen LogP contribution in [-0.4, -0.2) is 54.1 Å². The molecule has 5 atom stereocenters. The highest BCUT2D eigenvalue weighted by Crippen LogP contribution is 2.62. The van der Waals surface area contributed by atoms with E-state index in [1.807, 2.05) is 27.7 Å². The molecular formula is C18H33O7P. The Balaban J connectivity index is 3.04. The fourth-order valence-corrected chi connectivity index (χ4v) is 4.32. The number of ether oxygens (including phenoxy) is 3. The molecule has 0 aromatic rings. The van der Waals surface area contributed by atoms with E-state index in [1.165, 1.54) is 13.8 Å². The summed E-state index contributed by atoms with van der Waals surface area (Å²) in [7, 11) is -2.19. The number of rotatable bonds is 7. The Hall–Kier alpha value is -0.910. The van der Waals surface area contributed by atoms with E-state index in [9.17, 15) is 19.0 Å². The largest absolute Gasteiger partial charge is 0.469 e. The van der Waals surface area contributed by atoms with Gasteiger partial charge in [0.1, 0.15) is 12.2 Å². The van der Waals surface area contributed by atoms with Gasteiger partial charge in [-0.2, -0.15) is 0 Å². The lowest BCUT2D eigenvalue weighted by Gasteiger charge is -2.47. The summed E-state index contributed by atoms with van der Waals surface area (Å²) in [6.07, 6.45) is -1.38. The summed E-state index contributed by atoms with van der Waals surface area (Å²) in [5, 5.41) is -0.953. The second-order valence-electron chi connectivity index (χ2n) is 8.31. The van der Waals surface area contributed by atoms with Gasteiger partial charge >= 0.3 is 11.9 Å². The van der Waals surface area contributed by atoms with Gasteiger partial charge in [-0.1, -0.05) is 34.6 Å². The fraction of sp³-hybridized carbons (Fsp3) is 0.889. The first-order valence-corrected chi connectivity index (χ1v) is 11.0. The zero-order valence-electron chi connectivity index (χ0n) is 17.1. The summed E-state index contributed by atoms with van der Waals surface area (Å²) in [6.45, 7) is 12.4. The van der Waals surface area contributed by atoms with E-state index < -0.39 is 42.1 Å². The van der Waals surface area contributed by atoms with Crippen LogP contribution in [0, 0.1) is 11.3 Å². The van der Waals surface area contributed by atoms with Crippen LogP contribution in [-0.2, 0) is 28.4 Å². The molecule has 8 heteroatoms. The molecule has 1 saturated heterocycles. The van der Waals surface area contributed by atoms with Gasteiger partial charge in [-0.05, 0) is 6.92 Å². The van der Waals surface area contributed by atoms with Gasteiger partial charge in [-0.15, -0.1) is 0 Å². The summed E-state index contributed by atoms with van der Waals surface area (Å²) >= 11 is 0. The van der Waals surface area contributed by atoms with Crippen LogP contribution >= 0.6 is 7.37 Å². The van der Waals surface area contributed by atoms with Crippen molar-refractivity contribution in [1.82, 2.24) is 0 Å². The number of methoxy groups -OCH3 is 1. The molecule has 26 heavy (non-hydrogen) atoms. The zero-order valence-corrected chi connectivity index (χ0v) is 18.0. The Morgan fingerprint density at radius 3 is 2.08 bits per heavy atom. The topological polar surface area (TPSA) is 99.1 Å². The van der Waals surface area contributed by atoms with Crippen molar-refractivity contribution in [2.24, 2.45) is 11.3 Å². The number of carbonyl (C=O) groups is 2. The summed E-state index contributed by atoms with van der Waals surface area (Å²) < 4.78 is 28.8. The van der Waals surface area contributed by atoms with E-state index in [1.54, 1.807) is 13.8 Å². The lowest BCUT2D eigenvalue weighted by Crippen LogP contribution is -2.52. The molecule has 0 amide bonds. The highest BCUT2D eigenvalue weighted by molar-refractivity contribution is 7.58. The minimum atomic E-state index is -3.45. The smallest absolute Gasteiger partial charge is 0.306 e. The van der Waals surface area contributed by atoms with E-state index in [0.717, 1.165) is 0 Å². The van der Waals surface area contributed by atoms with Crippen LogP contribution in [0.3, 0.4) is 0 Å². The van der Waals surface area contributed by atoms with E-state index >= 15 is 0 Å². The lowest BCUT2D eigenvalue weighted by molar-refractivity contribution is -0.160. The molecule has 1 fully saturated rings. The molecule has 7 nitrogen and oxygen atoms in total. The van der Waals surface area contributed by atoms with Crippen molar-refractivity contribution in [3.05, 3.63) is 0 Å². The maximum atomic E-state index is 12.5. The van der Waals surface area contributed by atoms with Crippen molar-refractivity contribution < 1.29 is 33.3 Å². The van der Waals surface area contributed by atoms with Crippen molar-refractivity contribution >= 4 is 19.3 Å². The Labute approximate surface area is 156 Å². The number of hydrogen-bond acceptors (Lipinski definition) is 6. The molecule has 152 valence electrons. The van der Waals surface area contributed by atoms with Crippen LogP contribution < -0.4 is 0 Å². The highest BCUT2D eigenvalue weighted by Gasteiger charge is 2.58. The monoisotopic (exact) mass is 392 g/mol. The molecule has 0 saturated carbocycles. The first kappa shape index (κ1) is 23.1. The molecule has 0 spiro atoms. The summed E-state index contributed by atoms with van der Waals surface area (Å²) in [5.41, 5.74) is -0.738. The third-order valence-electron chi connectivity index (χ3n) is 6.27. The quantitative estimate of drug-likeness (QED) is 0.525. The van der Waals surface area contributed by atoms with Gasteiger partial charge < -0.3 is 19.1 Å². The zero-order chi connectivity index (χ0) is 20.5. The predicted molar refractivity (Wildman–Crippen MR) is 98.2 cm³/mol. The van der Waals surface area contributed by atoms with Crippen molar-refractivity contribution in [3.63, 3.8) is 0 Å². The Morgan fingerprint density at radius 2 is 1.62 bits per heavy atom. The molecule has 2 unspecified atom stereocenters. The SMILES string of the molecule is COC(=O)CCC(=O)O[C@@H]1C(C(C)(C)C(C)(C)P(C)(=O)O)O[C@@H](C)[C@@H]1C. The second kappa shape index (κ2) is 7.99. The standard InChI is InChI=1S/C18H33O7P/c1-11-12(2)24-16(17(3,4)18(5,6)26(8,21)22)15(11)25-14(20)10-9-13(19)23-7/h11-12,15-16H,9-10H2,1-8H3,(H,21,22)/t11-,12-,15-,16?/m0/s1. The van der Waals surface area contributed by atoms with E-state index in [0.29, 0.717) is 0 Å². The third kappa shape index (κ3) is 4.49. The van der Waals surface area contributed by atoms with Crippen LogP contribution in [0.5, 0.6) is 0 Å². The van der Waals surface area contributed by atoms with E-state index in [4.69, 9.17) is 9.47 Å². The second-order valence-corrected chi connectivity index (χ2v) is 11.2. The summed E-state index contributed by atoms with van der Waals surface area (Å²) in [4.78, 5) is 33.7. The number of esters is 2. The van der Waals surface area contributed by atoms with Crippen LogP contribution in [0.2, 0.25) is 0 Å². The highest BCUT2D eigenvalue weighted by atomic mass is 31.2. The summed E-state index contributed by atoms with van der Waals surface area (Å²) in [5.74, 6) is -1.06. The average Bonchev–Trinajstić information content (AvgIpc) is 2.80. The molecule has 1 rings (SSSR count). The van der Waals surface area contributed by atoms with Crippen molar-refractivity contribution in [2.75, 3.05) is 13.8 Å². The lowest BCUT2D eigenvalue weighted by atomic mass is 9.72. The first-order valence-electron chi connectivity index (χ1n) is 8.89. The van der Waals surface area contributed by atoms with Gasteiger partial charge in [-0.25, -0.2) is 0 Å². The van der Waals surface area contributed by atoms with Gasteiger partial charge in [0.2, 0.25) is 7.37 Å². The van der Waals surface area contributed by atoms with Gasteiger partial charge in [0.05, 0.1) is 26.1 Å². The molecule has 0 bridgehead atoms. The van der Waals surface area contributed by atoms with Crippen LogP contribution in [0.1, 0.15) is 54.4 Å². The first-order chi connectivity index (χ1) is 11.7. The minimum absolute atomic E-state index is 0.0484. The molecule has 1 N–H and O–H groups in total. The number of hydrogen-bond donors (Lipinski definition) is 1. The average molecular weight is 392 g/mol. The molecule has 0 aliphatic carbocycles. The Kier molecular flexibility index (Phi) is 7.11. The van der Waals surface area contributed by atoms with E-state index in [-0.39, 0.29) is 24.9 Å². The van der Waals surface area contributed by atoms with Crippen molar-refractivity contribution in [1.29, 1.82) is 0 Å².